The van der Waals surface area contributed by atoms with E-state index in [1.54, 1.807) is 60.7 Å². The molecular weight excluding hydrogens is 431 g/mol. The molecule has 0 aromatic heterocycles. The van der Waals surface area contributed by atoms with Crippen molar-refractivity contribution in [2.24, 2.45) is 0 Å². The number of hydrogen-bond acceptors (Lipinski definition) is 4. The van der Waals surface area contributed by atoms with Gasteiger partial charge in [-0.2, -0.15) is 5.26 Å². The fourth-order valence-corrected chi connectivity index (χ4v) is 3.04. The van der Waals surface area contributed by atoms with E-state index in [1.165, 1.54) is 12.1 Å². The molecule has 5 nitrogen and oxygen atoms in total. The van der Waals surface area contributed by atoms with Crippen LogP contribution in [0.1, 0.15) is 18.1 Å². The van der Waals surface area contributed by atoms with E-state index in [0.717, 1.165) is 0 Å². The maximum absolute atomic E-state index is 13.8. The topological polar surface area (TPSA) is 71.3 Å². The van der Waals surface area contributed by atoms with Crippen LogP contribution in [0.3, 0.4) is 0 Å². The molecule has 1 amide bonds. The predicted octanol–water partition coefficient (Wildman–Crippen LogP) is 6.00. The highest BCUT2D eigenvalue weighted by atomic mass is 35.5. The van der Waals surface area contributed by atoms with Gasteiger partial charge >= 0.3 is 0 Å². The van der Waals surface area contributed by atoms with Crippen LogP contribution >= 0.6 is 11.6 Å². The van der Waals surface area contributed by atoms with Crippen LogP contribution in [-0.2, 0) is 11.4 Å². The van der Waals surface area contributed by atoms with Crippen molar-refractivity contribution >= 4 is 29.3 Å². The maximum Gasteiger partial charge on any atom is 0.266 e. The summed E-state index contributed by atoms with van der Waals surface area (Å²) >= 11 is 5.93. The highest BCUT2D eigenvalue weighted by molar-refractivity contribution is 6.31. The van der Waals surface area contributed by atoms with Gasteiger partial charge in [0, 0.05) is 16.3 Å². The lowest BCUT2D eigenvalue weighted by molar-refractivity contribution is -0.112. The Bertz CT molecular complexity index is 1190. The molecule has 162 valence electrons. The number of halogens is 2. The van der Waals surface area contributed by atoms with Crippen LogP contribution in [0, 0.1) is 17.1 Å². The summed E-state index contributed by atoms with van der Waals surface area (Å²) in [4.78, 5) is 12.5. The second-order valence-electron chi connectivity index (χ2n) is 6.65. The van der Waals surface area contributed by atoms with Crippen molar-refractivity contribution in [1.29, 1.82) is 5.26 Å². The quantitative estimate of drug-likeness (QED) is 0.337. The average Bonchev–Trinajstić information content (AvgIpc) is 2.78. The second kappa shape index (κ2) is 11.0. The summed E-state index contributed by atoms with van der Waals surface area (Å²) in [5.41, 5.74) is 1.39. The second-order valence-corrected chi connectivity index (χ2v) is 7.09. The number of rotatable bonds is 8. The molecule has 0 bridgehead atoms. The molecular formula is C25H20ClFN2O3. The number of nitrogens with one attached hydrogen (secondary N) is 1. The first-order chi connectivity index (χ1) is 15.5. The smallest absolute Gasteiger partial charge is 0.266 e. The zero-order chi connectivity index (χ0) is 22.9. The average molecular weight is 451 g/mol. The van der Waals surface area contributed by atoms with Crippen molar-refractivity contribution in [2.75, 3.05) is 11.9 Å². The van der Waals surface area contributed by atoms with E-state index < -0.39 is 5.91 Å². The first-order valence-electron chi connectivity index (χ1n) is 9.82. The number of ether oxygens (including phenoxy) is 2. The lowest BCUT2D eigenvalue weighted by Gasteiger charge is -2.13. The minimum Gasteiger partial charge on any atom is -0.490 e. The first-order valence-corrected chi connectivity index (χ1v) is 10.2. The molecule has 0 heterocycles. The molecule has 3 aromatic carbocycles. The lowest BCUT2D eigenvalue weighted by atomic mass is 10.1. The van der Waals surface area contributed by atoms with Crippen LogP contribution in [0.15, 0.2) is 72.3 Å². The maximum atomic E-state index is 13.8. The lowest BCUT2D eigenvalue weighted by Crippen LogP contribution is -2.13. The monoisotopic (exact) mass is 450 g/mol. The van der Waals surface area contributed by atoms with Gasteiger partial charge in [-0.05, 0) is 55.0 Å². The number of carbonyl (C=O) groups is 1. The summed E-state index contributed by atoms with van der Waals surface area (Å²) in [6.45, 7) is 2.24. The van der Waals surface area contributed by atoms with Crippen LogP contribution in [0.2, 0.25) is 5.02 Å². The van der Waals surface area contributed by atoms with Gasteiger partial charge in [-0.15, -0.1) is 0 Å². The minimum atomic E-state index is -0.562. The van der Waals surface area contributed by atoms with Gasteiger partial charge in [0.05, 0.1) is 6.61 Å². The third-order valence-corrected chi connectivity index (χ3v) is 4.60. The highest BCUT2D eigenvalue weighted by Crippen LogP contribution is 2.30. The number of benzene rings is 3. The van der Waals surface area contributed by atoms with Crippen LogP contribution in [-0.4, -0.2) is 12.5 Å². The Morgan fingerprint density at radius 3 is 2.62 bits per heavy atom. The molecule has 7 heteroatoms. The summed E-state index contributed by atoms with van der Waals surface area (Å²) in [6.07, 6.45) is 1.45. The Hall–Kier alpha value is -3.82. The molecule has 0 atom stereocenters. The number of hydrogen-bond donors (Lipinski definition) is 1. The Labute approximate surface area is 190 Å². The van der Waals surface area contributed by atoms with Crippen molar-refractivity contribution in [3.05, 3.63) is 94.3 Å². The van der Waals surface area contributed by atoms with Gasteiger partial charge in [-0.3, -0.25) is 4.79 Å². The number of nitrogens with zero attached hydrogens (tertiary/aromatic N) is 1. The van der Waals surface area contributed by atoms with Gasteiger partial charge in [0.2, 0.25) is 0 Å². The largest absolute Gasteiger partial charge is 0.490 e. The highest BCUT2D eigenvalue weighted by Gasteiger charge is 2.12. The molecule has 0 radical (unpaired) electrons. The fraction of sp³-hybridized carbons (Fsp3) is 0.120. The van der Waals surface area contributed by atoms with E-state index in [1.807, 2.05) is 13.0 Å². The zero-order valence-corrected chi connectivity index (χ0v) is 18.0. The molecule has 1 N–H and O–H groups in total. The van der Waals surface area contributed by atoms with Crippen LogP contribution in [0.25, 0.3) is 6.08 Å². The molecule has 0 unspecified atom stereocenters. The van der Waals surface area contributed by atoms with Crippen LogP contribution in [0.5, 0.6) is 11.5 Å². The Morgan fingerprint density at radius 2 is 1.91 bits per heavy atom. The molecule has 0 saturated heterocycles. The van der Waals surface area contributed by atoms with E-state index in [9.17, 15) is 14.4 Å². The summed E-state index contributed by atoms with van der Waals surface area (Å²) in [7, 11) is 0. The van der Waals surface area contributed by atoms with Gasteiger partial charge < -0.3 is 14.8 Å². The van der Waals surface area contributed by atoms with Gasteiger partial charge in [-0.25, -0.2) is 4.39 Å². The SMILES string of the molecule is CCOc1cc(/C=C(/C#N)C(=O)Nc2cccc(Cl)c2)ccc1OCc1ccccc1F. The molecule has 32 heavy (non-hydrogen) atoms. The van der Waals surface area contributed by atoms with E-state index in [0.29, 0.717) is 39.9 Å². The van der Waals surface area contributed by atoms with Crippen molar-refractivity contribution < 1.29 is 18.7 Å². The standard InChI is InChI=1S/C25H20ClFN2O3/c1-2-31-24-13-17(10-11-23(24)32-16-18-6-3-4-9-22(18)27)12-19(15-28)25(30)29-21-8-5-7-20(26)14-21/h3-14H,2,16H2,1H3,(H,29,30)/b19-12-. The third-order valence-electron chi connectivity index (χ3n) is 4.37. The number of anilines is 1. The van der Waals surface area contributed by atoms with Gasteiger partial charge in [-0.1, -0.05) is 41.9 Å². The Balaban J connectivity index is 1.79. The van der Waals surface area contributed by atoms with E-state index >= 15 is 0 Å². The van der Waals surface area contributed by atoms with Crippen molar-refractivity contribution in [1.82, 2.24) is 0 Å². The van der Waals surface area contributed by atoms with E-state index in [4.69, 9.17) is 21.1 Å². The molecule has 0 aliphatic carbocycles. The zero-order valence-electron chi connectivity index (χ0n) is 17.3. The van der Waals surface area contributed by atoms with Gasteiger partial charge in [0.15, 0.2) is 11.5 Å². The third kappa shape index (κ3) is 6.10. The Morgan fingerprint density at radius 1 is 1.09 bits per heavy atom. The predicted molar refractivity (Wildman–Crippen MR) is 122 cm³/mol. The summed E-state index contributed by atoms with van der Waals surface area (Å²) in [6, 6.07) is 19.9. The summed E-state index contributed by atoms with van der Waals surface area (Å²) in [5, 5.41) is 12.6. The van der Waals surface area contributed by atoms with Crippen molar-refractivity contribution in [2.45, 2.75) is 13.5 Å². The number of amides is 1. The normalized spacial score (nSPS) is 10.9. The number of nitriles is 1. The van der Waals surface area contributed by atoms with Gasteiger partial charge in [0.1, 0.15) is 24.1 Å². The summed E-state index contributed by atoms with van der Waals surface area (Å²) in [5.74, 6) is -0.0683. The van der Waals surface area contributed by atoms with Crippen LogP contribution < -0.4 is 14.8 Å². The van der Waals surface area contributed by atoms with E-state index in [-0.39, 0.29) is 18.0 Å². The molecule has 0 spiro atoms. The molecule has 0 saturated carbocycles. The van der Waals surface area contributed by atoms with E-state index in [2.05, 4.69) is 5.32 Å². The van der Waals surface area contributed by atoms with Gasteiger partial charge in [0.25, 0.3) is 5.91 Å². The number of carbonyl (C=O) groups excluding carboxylic acids is 1. The Kier molecular flexibility index (Phi) is 7.85. The van der Waals surface area contributed by atoms with Crippen LogP contribution in [0.4, 0.5) is 10.1 Å². The molecule has 0 fully saturated rings. The molecule has 3 rings (SSSR count). The van der Waals surface area contributed by atoms with Crippen molar-refractivity contribution in [3.8, 4) is 17.6 Å². The summed E-state index contributed by atoms with van der Waals surface area (Å²) < 4.78 is 25.2. The molecule has 3 aromatic rings. The minimum absolute atomic E-state index is 0.0351. The first kappa shape index (κ1) is 22.9. The fourth-order valence-electron chi connectivity index (χ4n) is 2.85. The molecule has 0 aliphatic rings. The van der Waals surface area contributed by atoms with Crippen molar-refractivity contribution in [3.63, 3.8) is 0 Å². The molecule has 0 aliphatic heterocycles.